The van der Waals surface area contributed by atoms with E-state index in [0.29, 0.717) is 18.5 Å². The SMILES string of the molecule is CCOc1nccnc1N1CCNC(C)C1. The van der Waals surface area contributed by atoms with E-state index in [1.54, 1.807) is 12.4 Å². The molecule has 0 radical (unpaired) electrons. The third kappa shape index (κ3) is 2.41. The highest BCUT2D eigenvalue weighted by Gasteiger charge is 2.20. The first-order valence-corrected chi connectivity index (χ1v) is 5.73. The van der Waals surface area contributed by atoms with E-state index >= 15 is 0 Å². The van der Waals surface area contributed by atoms with Crippen molar-refractivity contribution in [3.05, 3.63) is 12.4 Å². The number of piperazine rings is 1. The Morgan fingerprint density at radius 2 is 2.31 bits per heavy atom. The molecule has 1 fully saturated rings. The van der Waals surface area contributed by atoms with Crippen molar-refractivity contribution in [1.82, 2.24) is 15.3 Å². The fourth-order valence-corrected chi connectivity index (χ4v) is 1.90. The second-order valence-corrected chi connectivity index (χ2v) is 3.92. The number of anilines is 1. The lowest BCUT2D eigenvalue weighted by atomic mass is 10.2. The third-order valence-corrected chi connectivity index (χ3v) is 2.60. The number of hydrogen-bond acceptors (Lipinski definition) is 5. The zero-order valence-corrected chi connectivity index (χ0v) is 9.81. The van der Waals surface area contributed by atoms with E-state index < -0.39 is 0 Å². The smallest absolute Gasteiger partial charge is 0.257 e. The van der Waals surface area contributed by atoms with E-state index in [0.717, 1.165) is 25.5 Å². The predicted octanol–water partition coefficient (Wildman–Crippen LogP) is 0.673. The maximum Gasteiger partial charge on any atom is 0.257 e. The summed E-state index contributed by atoms with van der Waals surface area (Å²) in [4.78, 5) is 10.8. The highest BCUT2D eigenvalue weighted by atomic mass is 16.5. The molecule has 2 rings (SSSR count). The molecule has 2 heterocycles. The number of ether oxygens (including phenoxy) is 1. The molecule has 0 bridgehead atoms. The van der Waals surface area contributed by atoms with Crippen molar-refractivity contribution in [1.29, 1.82) is 0 Å². The first kappa shape index (κ1) is 11.1. The monoisotopic (exact) mass is 222 g/mol. The van der Waals surface area contributed by atoms with E-state index in [-0.39, 0.29) is 0 Å². The Morgan fingerprint density at radius 3 is 3.06 bits per heavy atom. The standard InChI is InChI=1S/C11H18N4O/c1-3-16-11-10(13-4-5-14-11)15-7-6-12-9(2)8-15/h4-5,9,12H,3,6-8H2,1-2H3. The van der Waals surface area contributed by atoms with Crippen LogP contribution in [0.15, 0.2) is 12.4 Å². The molecular weight excluding hydrogens is 204 g/mol. The van der Waals surface area contributed by atoms with Crippen LogP contribution in [0.25, 0.3) is 0 Å². The summed E-state index contributed by atoms with van der Waals surface area (Å²) in [6.45, 7) is 7.61. The van der Waals surface area contributed by atoms with Crippen LogP contribution in [0.1, 0.15) is 13.8 Å². The number of rotatable bonds is 3. The minimum Gasteiger partial charge on any atom is -0.475 e. The van der Waals surface area contributed by atoms with Gasteiger partial charge in [-0.1, -0.05) is 0 Å². The molecule has 5 heteroatoms. The van der Waals surface area contributed by atoms with Crippen LogP contribution in [-0.2, 0) is 0 Å². The lowest BCUT2D eigenvalue weighted by Gasteiger charge is -2.33. The number of hydrogen-bond donors (Lipinski definition) is 1. The van der Waals surface area contributed by atoms with Gasteiger partial charge in [-0.25, -0.2) is 9.97 Å². The van der Waals surface area contributed by atoms with Gasteiger partial charge < -0.3 is 15.0 Å². The van der Waals surface area contributed by atoms with Crippen molar-refractivity contribution in [2.24, 2.45) is 0 Å². The van der Waals surface area contributed by atoms with Crippen LogP contribution in [0.2, 0.25) is 0 Å². The van der Waals surface area contributed by atoms with Crippen LogP contribution in [0.4, 0.5) is 5.82 Å². The zero-order chi connectivity index (χ0) is 11.4. The summed E-state index contributed by atoms with van der Waals surface area (Å²) < 4.78 is 5.49. The summed E-state index contributed by atoms with van der Waals surface area (Å²) in [5.74, 6) is 1.50. The Labute approximate surface area is 95.8 Å². The average molecular weight is 222 g/mol. The van der Waals surface area contributed by atoms with E-state index in [1.165, 1.54) is 0 Å². The fourth-order valence-electron chi connectivity index (χ4n) is 1.90. The van der Waals surface area contributed by atoms with Gasteiger partial charge in [0.05, 0.1) is 6.61 Å². The van der Waals surface area contributed by atoms with Gasteiger partial charge >= 0.3 is 0 Å². The zero-order valence-electron chi connectivity index (χ0n) is 9.81. The summed E-state index contributed by atoms with van der Waals surface area (Å²) in [5, 5.41) is 3.40. The van der Waals surface area contributed by atoms with E-state index in [9.17, 15) is 0 Å². The molecule has 16 heavy (non-hydrogen) atoms. The molecular formula is C11H18N4O. The Kier molecular flexibility index (Phi) is 3.56. The molecule has 0 saturated carbocycles. The third-order valence-electron chi connectivity index (χ3n) is 2.60. The van der Waals surface area contributed by atoms with Gasteiger partial charge in [-0.15, -0.1) is 0 Å². The molecule has 1 aliphatic heterocycles. The summed E-state index contributed by atoms with van der Waals surface area (Å²) in [6, 6.07) is 0.477. The van der Waals surface area contributed by atoms with Crippen LogP contribution in [-0.4, -0.2) is 42.3 Å². The maximum absolute atomic E-state index is 5.49. The predicted molar refractivity (Wildman–Crippen MR) is 62.9 cm³/mol. The minimum atomic E-state index is 0.477. The molecule has 1 N–H and O–H groups in total. The quantitative estimate of drug-likeness (QED) is 0.814. The van der Waals surface area contributed by atoms with Gasteiger partial charge in [0, 0.05) is 38.1 Å². The van der Waals surface area contributed by atoms with Crippen molar-refractivity contribution in [3.63, 3.8) is 0 Å². The summed E-state index contributed by atoms with van der Waals surface area (Å²) in [7, 11) is 0. The summed E-state index contributed by atoms with van der Waals surface area (Å²) >= 11 is 0. The van der Waals surface area contributed by atoms with Gasteiger partial charge in [0.25, 0.3) is 5.88 Å². The topological polar surface area (TPSA) is 50.3 Å². The minimum absolute atomic E-state index is 0.477. The van der Waals surface area contributed by atoms with Gasteiger partial charge in [-0.2, -0.15) is 0 Å². The van der Waals surface area contributed by atoms with E-state index in [2.05, 4.69) is 27.1 Å². The van der Waals surface area contributed by atoms with Crippen molar-refractivity contribution in [2.45, 2.75) is 19.9 Å². The van der Waals surface area contributed by atoms with Gasteiger partial charge in [0.1, 0.15) is 0 Å². The van der Waals surface area contributed by atoms with Gasteiger partial charge in [0.15, 0.2) is 5.82 Å². The van der Waals surface area contributed by atoms with Crippen LogP contribution in [0.5, 0.6) is 5.88 Å². The molecule has 1 aromatic rings. The summed E-state index contributed by atoms with van der Waals surface area (Å²) in [5.41, 5.74) is 0. The van der Waals surface area contributed by atoms with Crippen LogP contribution in [0.3, 0.4) is 0 Å². The molecule has 1 saturated heterocycles. The van der Waals surface area contributed by atoms with Crippen molar-refractivity contribution >= 4 is 5.82 Å². The highest BCUT2D eigenvalue weighted by molar-refractivity contribution is 5.48. The lowest BCUT2D eigenvalue weighted by molar-refractivity contribution is 0.324. The number of nitrogens with zero attached hydrogens (tertiary/aromatic N) is 3. The molecule has 1 aliphatic rings. The Bertz CT molecular complexity index is 345. The molecule has 5 nitrogen and oxygen atoms in total. The van der Waals surface area contributed by atoms with E-state index in [1.807, 2.05) is 6.92 Å². The molecule has 1 aromatic heterocycles. The molecule has 0 aliphatic carbocycles. The van der Waals surface area contributed by atoms with Crippen LogP contribution in [0, 0.1) is 0 Å². The van der Waals surface area contributed by atoms with Gasteiger partial charge in [-0.3, -0.25) is 0 Å². The fraction of sp³-hybridized carbons (Fsp3) is 0.636. The van der Waals surface area contributed by atoms with Gasteiger partial charge in [0.2, 0.25) is 0 Å². The highest BCUT2D eigenvalue weighted by Crippen LogP contribution is 2.23. The molecule has 0 spiro atoms. The van der Waals surface area contributed by atoms with Crippen LogP contribution < -0.4 is 15.0 Å². The molecule has 0 amide bonds. The largest absolute Gasteiger partial charge is 0.475 e. The Hall–Kier alpha value is -1.36. The van der Waals surface area contributed by atoms with Crippen molar-refractivity contribution < 1.29 is 4.74 Å². The van der Waals surface area contributed by atoms with E-state index in [4.69, 9.17) is 4.74 Å². The second kappa shape index (κ2) is 5.12. The molecule has 88 valence electrons. The molecule has 1 atom stereocenters. The Balaban J connectivity index is 2.17. The number of aromatic nitrogens is 2. The maximum atomic E-state index is 5.49. The average Bonchev–Trinajstić information content (AvgIpc) is 2.30. The van der Waals surface area contributed by atoms with Crippen molar-refractivity contribution in [3.8, 4) is 5.88 Å². The van der Waals surface area contributed by atoms with Gasteiger partial charge in [-0.05, 0) is 13.8 Å². The normalized spacial score (nSPS) is 20.9. The summed E-state index contributed by atoms with van der Waals surface area (Å²) in [6.07, 6.45) is 3.38. The second-order valence-electron chi connectivity index (χ2n) is 3.92. The van der Waals surface area contributed by atoms with Crippen LogP contribution >= 0.6 is 0 Å². The first-order valence-electron chi connectivity index (χ1n) is 5.73. The lowest BCUT2D eigenvalue weighted by Crippen LogP contribution is -2.49. The van der Waals surface area contributed by atoms with Crippen molar-refractivity contribution in [2.75, 3.05) is 31.1 Å². The Morgan fingerprint density at radius 1 is 1.50 bits per heavy atom. The molecule has 0 aromatic carbocycles. The number of nitrogens with one attached hydrogen (secondary N) is 1. The molecule has 1 unspecified atom stereocenters. The first-order chi connectivity index (χ1) is 7.81.